The van der Waals surface area contributed by atoms with Crippen molar-refractivity contribution in [2.45, 2.75) is 32.4 Å². The second-order valence-electron chi connectivity index (χ2n) is 3.64. The zero-order chi connectivity index (χ0) is 8.97. The Morgan fingerprint density at radius 2 is 2.33 bits per heavy atom. The van der Waals surface area contributed by atoms with Crippen molar-refractivity contribution in [3.63, 3.8) is 0 Å². The molecule has 1 fully saturated rings. The van der Waals surface area contributed by atoms with Crippen LogP contribution in [0.2, 0.25) is 0 Å². The Morgan fingerprint density at radius 1 is 1.58 bits per heavy atom. The van der Waals surface area contributed by atoms with Crippen LogP contribution in [0.25, 0.3) is 0 Å². The first-order valence-electron chi connectivity index (χ1n) is 4.79. The molecule has 1 aliphatic rings. The molecule has 1 aliphatic heterocycles. The minimum atomic E-state index is 0.633. The van der Waals surface area contributed by atoms with Crippen LogP contribution < -0.4 is 5.73 Å². The lowest BCUT2D eigenvalue weighted by Crippen LogP contribution is -2.53. The van der Waals surface area contributed by atoms with Gasteiger partial charge in [-0.05, 0) is 20.3 Å². The van der Waals surface area contributed by atoms with E-state index in [9.17, 15) is 0 Å². The molecule has 0 aromatic carbocycles. The summed E-state index contributed by atoms with van der Waals surface area (Å²) < 4.78 is 5.40. The molecule has 0 aromatic rings. The molecule has 0 spiro atoms. The standard InChI is InChI=1S/C9H20N2O/c1-8(2)11-5-3-9(11)7-12-6-4-10/h8-9H,3-7,10H2,1-2H3. The van der Waals surface area contributed by atoms with Crippen LogP contribution in [0.15, 0.2) is 0 Å². The number of hydrogen-bond donors (Lipinski definition) is 1. The lowest BCUT2D eigenvalue weighted by Gasteiger charge is -2.43. The van der Waals surface area contributed by atoms with Gasteiger partial charge in [0.1, 0.15) is 0 Å². The number of rotatable bonds is 5. The average molecular weight is 172 g/mol. The van der Waals surface area contributed by atoms with E-state index in [4.69, 9.17) is 10.5 Å². The topological polar surface area (TPSA) is 38.5 Å². The van der Waals surface area contributed by atoms with Crippen LogP contribution in [-0.2, 0) is 4.74 Å². The average Bonchev–Trinajstić information content (AvgIpc) is 1.94. The first-order chi connectivity index (χ1) is 5.75. The molecule has 0 bridgehead atoms. The molecule has 1 saturated heterocycles. The zero-order valence-electron chi connectivity index (χ0n) is 8.12. The fourth-order valence-corrected chi connectivity index (χ4v) is 1.62. The van der Waals surface area contributed by atoms with E-state index in [0.29, 0.717) is 25.2 Å². The Bertz CT molecular complexity index is 128. The molecular weight excluding hydrogens is 152 g/mol. The maximum atomic E-state index is 5.40. The van der Waals surface area contributed by atoms with Gasteiger partial charge in [0.05, 0.1) is 13.2 Å². The maximum absolute atomic E-state index is 5.40. The molecule has 1 heterocycles. The predicted octanol–water partition coefficient (Wildman–Crippen LogP) is 0.444. The highest BCUT2D eigenvalue weighted by molar-refractivity contribution is 4.84. The van der Waals surface area contributed by atoms with E-state index in [2.05, 4.69) is 18.7 Å². The maximum Gasteiger partial charge on any atom is 0.0623 e. The quantitative estimate of drug-likeness (QED) is 0.612. The number of hydrogen-bond acceptors (Lipinski definition) is 3. The number of ether oxygens (including phenoxy) is 1. The van der Waals surface area contributed by atoms with Gasteiger partial charge in [-0.1, -0.05) is 0 Å². The van der Waals surface area contributed by atoms with Crippen LogP contribution in [0.5, 0.6) is 0 Å². The summed E-state index contributed by atoms with van der Waals surface area (Å²) in [5, 5.41) is 0. The molecule has 0 aromatic heterocycles. The summed E-state index contributed by atoms with van der Waals surface area (Å²) >= 11 is 0. The summed E-state index contributed by atoms with van der Waals surface area (Å²) in [6.45, 7) is 7.88. The van der Waals surface area contributed by atoms with Crippen molar-refractivity contribution in [2.75, 3.05) is 26.3 Å². The molecule has 0 saturated carbocycles. The Hall–Kier alpha value is -0.120. The smallest absolute Gasteiger partial charge is 0.0623 e. The van der Waals surface area contributed by atoms with Gasteiger partial charge < -0.3 is 10.5 Å². The largest absolute Gasteiger partial charge is 0.379 e. The Kier molecular flexibility index (Phi) is 3.98. The lowest BCUT2D eigenvalue weighted by atomic mass is 10.0. The molecule has 12 heavy (non-hydrogen) atoms. The number of nitrogens with zero attached hydrogens (tertiary/aromatic N) is 1. The van der Waals surface area contributed by atoms with Gasteiger partial charge in [-0.15, -0.1) is 0 Å². The fourth-order valence-electron chi connectivity index (χ4n) is 1.62. The molecule has 72 valence electrons. The molecule has 0 aliphatic carbocycles. The Morgan fingerprint density at radius 3 is 2.75 bits per heavy atom. The van der Waals surface area contributed by atoms with Gasteiger partial charge in [-0.2, -0.15) is 0 Å². The van der Waals surface area contributed by atoms with E-state index >= 15 is 0 Å². The van der Waals surface area contributed by atoms with Gasteiger partial charge in [-0.25, -0.2) is 0 Å². The first kappa shape index (κ1) is 9.96. The highest BCUT2D eigenvalue weighted by atomic mass is 16.5. The van der Waals surface area contributed by atoms with Crippen molar-refractivity contribution >= 4 is 0 Å². The highest BCUT2D eigenvalue weighted by Crippen LogP contribution is 2.20. The van der Waals surface area contributed by atoms with Crippen molar-refractivity contribution in [2.24, 2.45) is 5.73 Å². The van der Waals surface area contributed by atoms with Gasteiger partial charge in [0, 0.05) is 25.2 Å². The molecule has 0 amide bonds. The van der Waals surface area contributed by atoms with Crippen molar-refractivity contribution in [3.8, 4) is 0 Å². The van der Waals surface area contributed by atoms with Crippen molar-refractivity contribution in [3.05, 3.63) is 0 Å². The summed E-state index contributed by atoms with van der Waals surface area (Å²) in [4.78, 5) is 2.47. The van der Waals surface area contributed by atoms with Crippen molar-refractivity contribution in [1.29, 1.82) is 0 Å². The van der Waals surface area contributed by atoms with E-state index in [1.165, 1.54) is 13.0 Å². The molecular formula is C9H20N2O. The van der Waals surface area contributed by atoms with Crippen LogP contribution in [0.3, 0.4) is 0 Å². The first-order valence-corrected chi connectivity index (χ1v) is 4.79. The van der Waals surface area contributed by atoms with E-state index in [-0.39, 0.29) is 0 Å². The Balaban J connectivity index is 2.08. The van der Waals surface area contributed by atoms with E-state index in [0.717, 1.165) is 6.61 Å². The molecule has 1 atom stereocenters. The molecule has 0 radical (unpaired) electrons. The summed E-state index contributed by atoms with van der Waals surface area (Å²) in [5.74, 6) is 0. The molecule has 1 unspecified atom stereocenters. The Labute approximate surface area is 74.9 Å². The lowest BCUT2D eigenvalue weighted by molar-refractivity contribution is -0.0108. The van der Waals surface area contributed by atoms with Crippen LogP contribution in [0.1, 0.15) is 20.3 Å². The van der Waals surface area contributed by atoms with E-state index < -0.39 is 0 Å². The van der Waals surface area contributed by atoms with Gasteiger partial charge >= 0.3 is 0 Å². The third kappa shape index (κ3) is 2.44. The minimum absolute atomic E-state index is 0.633. The van der Waals surface area contributed by atoms with Crippen molar-refractivity contribution in [1.82, 2.24) is 4.90 Å². The monoisotopic (exact) mass is 172 g/mol. The van der Waals surface area contributed by atoms with E-state index in [1.807, 2.05) is 0 Å². The third-order valence-corrected chi connectivity index (χ3v) is 2.43. The van der Waals surface area contributed by atoms with Gasteiger partial charge in [0.15, 0.2) is 0 Å². The normalized spacial score (nSPS) is 24.5. The van der Waals surface area contributed by atoms with Crippen LogP contribution in [-0.4, -0.2) is 43.3 Å². The zero-order valence-corrected chi connectivity index (χ0v) is 8.12. The van der Waals surface area contributed by atoms with Crippen LogP contribution >= 0.6 is 0 Å². The SMILES string of the molecule is CC(C)N1CCC1COCCN. The van der Waals surface area contributed by atoms with Crippen LogP contribution in [0.4, 0.5) is 0 Å². The van der Waals surface area contributed by atoms with Crippen molar-refractivity contribution < 1.29 is 4.74 Å². The second-order valence-corrected chi connectivity index (χ2v) is 3.64. The molecule has 3 heteroatoms. The van der Waals surface area contributed by atoms with Gasteiger partial charge in [0.2, 0.25) is 0 Å². The summed E-state index contributed by atoms with van der Waals surface area (Å²) in [6, 6.07) is 1.31. The fraction of sp³-hybridized carbons (Fsp3) is 1.00. The van der Waals surface area contributed by atoms with Gasteiger partial charge in [-0.3, -0.25) is 4.90 Å². The number of likely N-dealkylation sites (tertiary alicyclic amines) is 1. The van der Waals surface area contributed by atoms with Gasteiger partial charge in [0.25, 0.3) is 0 Å². The molecule has 2 N–H and O–H groups in total. The van der Waals surface area contributed by atoms with Crippen LogP contribution in [0, 0.1) is 0 Å². The summed E-state index contributed by atoms with van der Waals surface area (Å²) in [6.07, 6.45) is 1.28. The molecule has 1 rings (SSSR count). The number of nitrogens with two attached hydrogens (primary N) is 1. The molecule has 3 nitrogen and oxygen atoms in total. The van der Waals surface area contributed by atoms with E-state index in [1.54, 1.807) is 0 Å². The third-order valence-electron chi connectivity index (χ3n) is 2.43. The minimum Gasteiger partial charge on any atom is -0.379 e. The highest BCUT2D eigenvalue weighted by Gasteiger charge is 2.29. The summed E-state index contributed by atoms with van der Waals surface area (Å²) in [5.41, 5.74) is 5.33. The second kappa shape index (κ2) is 4.80. The predicted molar refractivity (Wildman–Crippen MR) is 50.1 cm³/mol. The summed E-state index contributed by atoms with van der Waals surface area (Å²) in [7, 11) is 0.